The van der Waals surface area contributed by atoms with Gasteiger partial charge in [-0.3, -0.25) is 0 Å². The molecule has 2 aromatic rings. The van der Waals surface area contributed by atoms with Crippen molar-refractivity contribution in [1.82, 2.24) is 4.98 Å². The molecule has 1 aliphatic heterocycles. The summed E-state index contributed by atoms with van der Waals surface area (Å²) < 4.78 is 11.4. The van der Waals surface area contributed by atoms with E-state index in [4.69, 9.17) is 15.2 Å². The summed E-state index contributed by atoms with van der Waals surface area (Å²) in [6.45, 7) is 1.79. The third-order valence-electron chi connectivity index (χ3n) is 5.80. The second-order valence-electron chi connectivity index (χ2n) is 7.54. The zero-order valence-corrected chi connectivity index (χ0v) is 13.8. The molecule has 0 amide bonds. The number of hydrogen-bond acceptors (Lipinski definition) is 4. The summed E-state index contributed by atoms with van der Waals surface area (Å²) in [7, 11) is 0. The zero-order chi connectivity index (χ0) is 16.1. The van der Waals surface area contributed by atoms with E-state index in [1.807, 2.05) is 18.3 Å². The van der Waals surface area contributed by atoms with Crippen molar-refractivity contribution in [2.75, 3.05) is 18.9 Å². The van der Waals surface area contributed by atoms with Gasteiger partial charge in [0.05, 0.1) is 13.2 Å². The Morgan fingerprint density at radius 2 is 2.04 bits per heavy atom. The first kappa shape index (κ1) is 14.3. The van der Waals surface area contributed by atoms with Crippen molar-refractivity contribution in [3.8, 4) is 17.0 Å². The molecule has 4 nitrogen and oxygen atoms in total. The van der Waals surface area contributed by atoms with Gasteiger partial charge in [0.25, 0.3) is 0 Å². The van der Waals surface area contributed by atoms with E-state index in [0.717, 1.165) is 55.7 Å². The molecule has 1 aromatic heterocycles. The number of fused-ring (bicyclic) bond motifs is 1. The van der Waals surface area contributed by atoms with E-state index < -0.39 is 0 Å². The van der Waals surface area contributed by atoms with Crippen LogP contribution in [-0.4, -0.2) is 24.3 Å². The van der Waals surface area contributed by atoms with Crippen LogP contribution in [0.1, 0.15) is 30.4 Å². The van der Waals surface area contributed by atoms with E-state index in [1.165, 1.54) is 17.5 Å². The minimum absolute atomic E-state index is 0.272. The lowest BCUT2D eigenvalue weighted by molar-refractivity contribution is -0.191. The van der Waals surface area contributed by atoms with Crippen molar-refractivity contribution in [2.45, 2.75) is 38.2 Å². The van der Waals surface area contributed by atoms with Crippen molar-refractivity contribution in [1.29, 1.82) is 0 Å². The largest absolute Gasteiger partial charge is 0.474 e. The summed E-state index contributed by atoms with van der Waals surface area (Å²) in [5.74, 6) is 0.701. The molecule has 2 heterocycles. The van der Waals surface area contributed by atoms with Crippen LogP contribution in [0.15, 0.2) is 30.5 Å². The second-order valence-corrected chi connectivity index (χ2v) is 7.54. The molecule has 0 atom stereocenters. The van der Waals surface area contributed by atoms with Crippen molar-refractivity contribution in [3.63, 3.8) is 0 Å². The number of ether oxygens (including phenoxy) is 2. The molecule has 1 aromatic carbocycles. The minimum Gasteiger partial charge on any atom is -0.474 e. The van der Waals surface area contributed by atoms with E-state index in [0.29, 0.717) is 11.3 Å². The average molecular weight is 322 g/mol. The van der Waals surface area contributed by atoms with Gasteiger partial charge >= 0.3 is 0 Å². The Labute approximate surface area is 142 Å². The van der Waals surface area contributed by atoms with Crippen LogP contribution in [-0.2, 0) is 17.6 Å². The van der Waals surface area contributed by atoms with Crippen LogP contribution in [0.4, 0.5) is 5.69 Å². The first-order valence-corrected chi connectivity index (χ1v) is 8.84. The quantitative estimate of drug-likeness (QED) is 0.880. The number of nitrogen functional groups attached to an aromatic ring is 1. The van der Waals surface area contributed by atoms with Gasteiger partial charge in [-0.1, -0.05) is 12.1 Å². The molecule has 4 heteroatoms. The molecule has 3 aliphatic rings. The van der Waals surface area contributed by atoms with Gasteiger partial charge in [0.2, 0.25) is 5.88 Å². The van der Waals surface area contributed by atoms with Crippen LogP contribution in [0.5, 0.6) is 5.88 Å². The van der Waals surface area contributed by atoms with Crippen molar-refractivity contribution in [3.05, 3.63) is 41.6 Å². The number of anilines is 1. The molecule has 2 fully saturated rings. The van der Waals surface area contributed by atoms with Gasteiger partial charge in [-0.2, -0.15) is 0 Å². The Morgan fingerprint density at radius 3 is 2.83 bits per heavy atom. The number of nitrogens with two attached hydrogens (primary N) is 1. The molecule has 0 bridgehead atoms. The van der Waals surface area contributed by atoms with Crippen LogP contribution < -0.4 is 10.5 Å². The maximum absolute atomic E-state index is 6.44. The fourth-order valence-corrected chi connectivity index (χ4v) is 4.37. The van der Waals surface area contributed by atoms with Crippen LogP contribution >= 0.6 is 0 Å². The van der Waals surface area contributed by atoms with E-state index in [2.05, 4.69) is 17.1 Å². The summed E-state index contributed by atoms with van der Waals surface area (Å²) in [6.07, 6.45) is 7.71. The molecule has 1 saturated carbocycles. The molecule has 2 N–H and O–H groups in total. The minimum atomic E-state index is 0.272. The highest BCUT2D eigenvalue weighted by Gasteiger charge is 2.51. The SMILES string of the molecule is Nc1c(-c2ccnc(OC3CC4(COC4)C3)c2)ccc2c1CCC2. The van der Waals surface area contributed by atoms with Gasteiger partial charge < -0.3 is 15.2 Å². The zero-order valence-electron chi connectivity index (χ0n) is 13.8. The highest BCUT2D eigenvalue weighted by molar-refractivity contribution is 5.80. The summed E-state index contributed by atoms with van der Waals surface area (Å²) in [6, 6.07) is 8.40. The first-order valence-electron chi connectivity index (χ1n) is 8.84. The van der Waals surface area contributed by atoms with Gasteiger partial charge in [0, 0.05) is 28.9 Å². The number of benzene rings is 1. The average Bonchev–Trinajstić information content (AvgIpc) is 2.99. The smallest absolute Gasteiger partial charge is 0.214 e. The maximum Gasteiger partial charge on any atom is 0.214 e. The second kappa shape index (κ2) is 5.21. The van der Waals surface area contributed by atoms with Crippen LogP contribution in [0, 0.1) is 5.41 Å². The van der Waals surface area contributed by atoms with Crippen molar-refractivity contribution in [2.24, 2.45) is 5.41 Å². The molecule has 1 saturated heterocycles. The molecular formula is C20H22N2O2. The Bertz CT molecular complexity index is 790. The van der Waals surface area contributed by atoms with E-state index >= 15 is 0 Å². The third-order valence-corrected chi connectivity index (χ3v) is 5.80. The van der Waals surface area contributed by atoms with Crippen molar-refractivity contribution >= 4 is 5.69 Å². The molecule has 0 unspecified atom stereocenters. The number of pyridine rings is 1. The highest BCUT2D eigenvalue weighted by atomic mass is 16.5. The predicted octanol–water partition coefficient (Wildman–Crippen LogP) is 3.38. The maximum atomic E-state index is 6.44. The normalized spacial score (nSPS) is 21.2. The topological polar surface area (TPSA) is 57.4 Å². The van der Waals surface area contributed by atoms with Crippen LogP contribution in [0.2, 0.25) is 0 Å². The number of aromatic nitrogens is 1. The number of hydrogen-bond donors (Lipinski definition) is 1. The predicted molar refractivity (Wildman–Crippen MR) is 93.0 cm³/mol. The van der Waals surface area contributed by atoms with Crippen LogP contribution in [0.25, 0.3) is 11.1 Å². The molecule has 1 spiro atoms. The molecule has 24 heavy (non-hydrogen) atoms. The van der Waals surface area contributed by atoms with E-state index in [9.17, 15) is 0 Å². The lowest BCUT2D eigenvalue weighted by Gasteiger charge is -2.52. The number of aryl methyl sites for hydroxylation is 1. The lowest BCUT2D eigenvalue weighted by atomic mass is 9.65. The van der Waals surface area contributed by atoms with Gasteiger partial charge in [0.1, 0.15) is 6.10 Å². The highest BCUT2D eigenvalue weighted by Crippen LogP contribution is 2.48. The van der Waals surface area contributed by atoms with E-state index in [-0.39, 0.29) is 6.10 Å². The molecular weight excluding hydrogens is 300 g/mol. The van der Waals surface area contributed by atoms with Gasteiger partial charge in [-0.25, -0.2) is 4.98 Å². The lowest BCUT2D eigenvalue weighted by Crippen LogP contribution is -2.56. The van der Waals surface area contributed by atoms with Crippen molar-refractivity contribution < 1.29 is 9.47 Å². The standard InChI is InChI=1S/C20H22N2O2/c21-19-16-3-1-2-13(16)4-5-17(19)14-6-7-22-18(8-14)24-15-9-20(10-15)11-23-12-20/h4-8,15H,1-3,9-12,21H2. The van der Waals surface area contributed by atoms with Crippen LogP contribution in [0.3, 0.4) is 0 Å². The Kier molecular flexibility index (Phi) is 3.10. The summed E-state index contributed by atoms with van der Waals surface area (Å²) in [5.41, 5.74) is 12.7. The van der Waals surface area contributed by atoms with Gasteiger partial charge in [0.15, 0.2) is 0 Å². The molecule has 0 radical (unpaired) electrons. The fraction of sp³-hybridized carbons (Fsp3) is 0.450. The monoisotopic (exact) mass is 322 g/mol. The fourth-order valence-electron chi connectivity index (χ4n) is 4.37. The van der Waals surface area contributed by atoms with E-state index in [1.54, 1.807) is 0 Å². The van der Waals surface area contributed by atoms with Gasteiger partial charge in [-0.05, 0) is 54.9 Å². The first-order chi connectivity index (χ1) is 11.7. The summed E-state index contributed by atoms with van der Waals surface area (Å²) in [5, 5.41) is 0. The summed E-state index contributed by atoms with van der Waals surface area (Å²) >= 11 is 0. The Balaban J connectivity index is 1.38. The Morgan fingerprint density at radius 1 is 1.17 bits per heavy atom. The summed E-state index contributed by atoms with van der Waals surface area (Å²) in [4.78, 5) is 4.39. The number of nitrogens with zero attached hydrogens (tertiary/aromatic N) is 1. The molecule has 2 aliphatic carbocycles. The molecule has 5 rings (SSSR count). The van der Waals surface area contributed by atoms with Gasteiger partial charge in [-0.15, -0.1) is 0 Å². The number of rotatable bonds is 3. The third kappa shape index (κ3) is 2.20. The molecule has 124 valence electrons. The Hall–Kier alpha value is -2.07.